The van der Waals surface area contributed by atoms with Gasteiger partial charge in [0, 0.05) is 31.7 Å². The first-order valence-corrected chi connectivity index (χ1v) is 9.36. The molecule has 1 aromatic carbocycles. The highest BCUT2D eigenvalue weighted by Crippen LogP contribution is 2.18. The molecule has 2 N–H and O–H groups in total. The van der Waals surface area contributed by atoms with E-state index in [2.05, 4.69) is 15.6 Å². The number of benzene rings is 1. The van der Waals surface area contributed by atoms with Gasteiger partial charge in [0.15, 0.2) is 5.96 Å². The number of nitrogens with one attached hydrogen (secondary N) is 2. The summed E-state index contributed by atoms with van der Waals surface area (Å²) in [7, 11) is 0. The largest absolute Gasteiger partial charge is 0.390 e. The summed E-state index contributed by atoms with van der Waals surface area (Å²) in [6.45, 7) is 4.01. The summed E-state index contributed by atoms with van der Waals surface area (Å²) in [5, 5.41) is 5.60. The number of piperidine rings is 1. The third-order valence-electron chi connectivity index (χ3n) is 4.28. The standard InChI is InChI=1S/C19H27F3N4O.HI/c1-2-23-18(24-10-9-19(20,21)22)25-14-15-7-6-8-16(13-15)17(27)26-11-4-3-5-12-26;/h6-8,13H,2-5,9-12,14H2,1H3,(H2,23,24,25);1H. The Labute approximate surface area is 181 Å². The molecular formula is C19H28F3IN4O. The van der Waals surface area contributed by atoms with Crippen LogP contribution in [0.1, 0.15) is 48.5 Å². The molecule has 2 rings (SSSR count). The number of amides is 1. The minimum atomic E-state index is -4.20. The fourth-order valence-electron chi connectivity index (χ4n) is 2.92. The summed E-state index contributed by atoms with van der Waals surface area (Å²) in [5.74, 6) is 0.352. The number of aliphatic imine (C=N–C) groups is 1. The van der Waals surface area contributed by atoms with Crippen molar-refractivity contribution in [1.82, 2.24) is 15.5 Å². The Kier molecular flexibility index (Phi) is 10.6. The average molecular weight is 512 g/mol. The zero-order valence-corrected chi connectivity index (χ0v) is 18.3. The topological polar surface area (TPSA) is 56.7 Å². The second kappa shape index (κ2) is 12.1. The Morgan fingerprint density at radius 2 is 1.89 bits per heavy atom. The maximum Gasteiger partial charge on any atom is 0.390 e. The summed E-state index contributed by atoms with van der Waals surface area (Å²) in [6, 6.07) is 7.26. The maximum absolute atomic E-state index is 12.6. The van der Waals surface area contributed by atoms with Crippen LogP contribution in [0.2, 0.25) is 0 Å². The molecule has 1 heterocycles. The number of halogens is 4. The van der Waals surface area contributed by atoms with Gasteiger partial charge in [0.25, 0.3) is 5.91 Å². The van der Waals surface area contributed by atoms with Crippen LogP contribution in [0.3, 0.4) is 0 Å². The summed E-state index contributed by atoms with van der Waals surface area (Å²) in [5.41, 5.74) is 1.46. The molecule has 0 atom stereocenters. The average Bonchev–Trinajstić information content (AvgIpc) is 2.65. The molecule has 5 nitrogen and oxygen atoms in total. The van der Waals surface area contributed by atoms with Crippen LogP contribution in [0.4, 0.5) is 13.2 Å². The third kappa shape index (κ3) is 8.66. The third-order valence-corrected chi connectivity index (χ3v) is 4.28. The molecule has 0 aliphatic carbocycles. The smallest absolute Gasteiger partial charge is 0.357 e. The van der Waals surface area contributed by atoms with Crippen molar-refractivity contribution >= 4 is 35.8 Å². The highest BCUT2D eigenvalue weighted by Gasteiger charge is 2.26. The normalized spacial score (nSPS) is 15.0. The number of carbonyl (C=O) groups excluding carboxylic acids is 1. The fourth-order valence-corrected chi connectivity index (χ4v) is 2.92. The first-order valence-electron chi connectivity index (χ1n) is 9.36. The second-order valence-electron chi connectivity index (χ2n) is 6.54. The van der Waals surface area contributed by atoms with Gasteiger partial charge in [-0.25, -0.2) is 4.99 Å². The van der Waals surface area contributed by atoms with Crippen LogP contribution in [-0.2, 0) is 6.54 Å². The summed E-state index contributed by atoms with van der Waals surface area (Å²) in [6.07, 6.45) is -1.89. The molecule has 1 aromatic rings. The molecule has 28 heavy (non-hydrogen) atoms. The Bertz CT molecular complexity index is 646. The van der Waals surface area contributed by atoms with Crippen molar-refractivity contribution < 1.29 is 18.0 Å². The van der Waals surface area contributed by atoms with Crippen LogP contribution in [0.25, 0.3) is 0 Å². The summed E-state index contributed by atoms with van der Waals surface area (Å²) >= 11 is 0. The molecule has 0 bridgehead atoms. The number of hydrogen-bond donors (Lipinski definition) is 2. The molecule has 0 aromatic heterocycles. The van der Waals surface area contributed by atoms with Gasteiger partial charge in [-0.15, -0.1) is 24.0 Å². The molecular weight excluding hydrogens is 484 g/mol. The zero-order valence-electron chi connectivity index (χ0n) is 16.0. The number of hydrogen-bond acceptors (Lipinski definition) is 2. The van der Waals surface area contributed by atoms with E-state index in [1.54, 1.807) is 12.1 Å². The van der Waals surface area contributed by atoms with Crippen LogP contribution in [0.5, 0.6) is 0 Å². The molecule has 1 saturated heterocycles. The summed E-state index contributed by atoms with van der Waals surface area (Å²) < 4.78 is 36.8. The second-order valence-corrected chi connectivity index (χ2v) is 6.54. The van der Waals surface area contributed by atoms with Crippen LogP contribution in [0, 0.1) is 0 Å². The van der Waals surface area contributed by atoms with E-state index in [0.717, 1.165) is 37.9 Å². The molecule has 0 saturated carbocycles. The monoisotopic (exact) mass is 512 g/mol. The van der Waals surface area contributed by atoms with Crippen molar-refractivity contribution in [3.63, 3.8) is 0 Å². The van der Waals surface area contributed by atoms with Gasteiger partial charge in [-0.1, -0.05) is 12.1 Å². The highest BCUT2D eigenvalue weighted by atomic mass is 127. The van der Waals surface area contributed by atoms with Gasteiger partial charge < -0.3 is 15.5 Å². The van der Waals surface area contributed by atoms with E-state index < -0.39 is 12.6 Å². The van der Waals surface area contributed by atoms with Crippen LogP contribution in [0.15, 0.2) is 29.3 Å². The van der Waals surface area contributed by atoms with Gasteiger partial charge in [-0.2, -0.15) is 13.2 Å². The van der Waals surface area contributed by atoms with Crippen molar-refractivity contribution in [2.24, 2.45) is 4.99 Å². The van der Waals surface area contributed by atoms with Gasteiger partial charge in [0.05, 0.1) is 13.0 Å². The Hall–Kier alpha value is -1.52. The van der Waals surface area contributed by atoms with Gasteiger partial charge in [0.1, 0.15) is 0 Å². The lowest BCUT2D eigenvalue weighted by molar-refractivity contribution is -0.132. The Balaban J connectivity index is 0.00000392. The van der Waals surface area contributed by atoms with Crippen LogP contribution < -0.4 is 10.6 Å². The van der Waals surface area contributed by atoms with Crippen molar-refractivity contribution in [3.8, 4) is 0 Å². The van der Waals surface area contributed by atoms with Gasteiger partial charge in [0.2, 0.25) is 0 Å². The van der Waals surface area contributed by atoms with Gasteiger partial charge >= 0.3 is 6.18 Å². The Morgan fingerprint density at radius 1 is 1.18 bits per heavy atom. The zero-order chi connectivity index (χ0) is 19.7. The first kappa shape index (κ1) is 24.5. The quantitative estimate of drug-likeness (QED) is 0.345. The highest BCUT2D eigenvalue weighted by molar-refractivity contribution is 14.0. The van der Waals surface area contributed by atoms with E-state index >= 15 is 0 Å². The molecule has 0 radical (unpaired) electrons. The molecule has 1 fully saturated rings. The minimum Gasteiger partial charge on any atom is -0.357 e. The molecule has 9 heteroatoms. The van der Waals surface area contributed by atoms with E-state index in [1.807, 2.05) is 24.0 Å². The van der Waals surface area contributed by atoms with Gasteiger partial charge in [-0.05, 0) is 43.9 Å². The number of rotatable bonds is 6. The first-order chi connectivity index (χ1) is 12.9. The van der Waals surface area contributed by atoms with Crippen molar-refractivity contribution in [1.29, 1.82) is 0 Å². The molecule has 1 aliphatic rings. The van der Waals surface area contributed by atoms with E-state index in [1.165, 1.54) is 0 Å². The summed E-state index contributed by atoms with van der Waals surface area (Å²) in [4.78, 5) is 18.8. The Morgan fingerprint density at radius 3 is 2.54 bits per heavy atom. The molecule has 0 unspecified atom stereocenters. The number of likely N-dealkylation sites (tertiary alicyclic amines) is 1. The maximum atomic E-state index is 12.6. The minimum absolute atomic E-state index is 0. The van der Waals surface area contributed by atoms with E-state index in [-0.39, 0.29) is 43.0 Å². The number of nitrogens with zero attached hydrogens (tertiary/aromatic N) is 2. The van der Waals surface area contributed by atoms with E-state index in [4.69, 9.17) is 0 Å². The van der Waals surface area contributed by atoms with Crippen molar-refractivity contribution in [3.05, 3.63) is 35.4 Å². The lowest BCUT2D eigenvalue weighted by Crippen LogP contribution is -2.38. The lowest BCUT2D eigenvalue weighted by atomic mass is 10.1. The van der Waals surface area contributed by atoms with E-state index in [0.29, 0.717) is 18.1 Å². The predicted molar refractivity (Wildman–Crippen MR) is 115 cm³/mol. The molecule has 1 aliphatic heterocycles. The fraction of sp³-hybridized carbons (Fsp3) is 0.579. The SMILES string of the molecule is CCNC(=NCc1cccc(C(=O)N2CCCCC2)c1)NCCC(F)(F)F.I. The number of alkyl halides is 3. The predicted octanol–water partition coefficient (Wildman–Crippen LogP) is 3.94. The van der Waals surface area contributed by atoms with Gasteiger partial charge in [-0.3, -0.25) is 4.79 Å². The van der Waals surface area contributed by atoms with Crippen LogP contribution >= 0.6 is 24.0 Å². The molecule has 0 spiro atoms. The molecule has 1 amide bonds. The van der Waals surface area contributed by atoms with E-state index in [9.17, 15) is 18.0 Å². The lowest BCUT2D eigenvalue weighted by Gasteiger charge is -2.26. The van der Waals surface area contributed by atoms with Crippen LogP contribution in [-0.4, -0.2) is 49.1 Å². The molecule has 158 valence electrons. The van der Waals surface area contributed by atoms with Crippen molar-refractivity contribution in [2.45, 2.75) is 45.3 Å². The van der Waals surface area contributed by atoms with Crippen molar-refractivity contribution in [2.75, 3.05) is 26.2 Å². The number of guanidine groups is 1. The number of carbonyl (C=O) groups is 1.